The third-order valence-corrected chi connectivity index (χ3v) is 5.44. The van der Waals surface area contributed by atoms with Crippen LogP contribution in [0.5, 0.6) is 11.5 Å². The molecule has 0 unspecified atom stereocenters. The summed E-state index contributed by atoms with van der Waals surface area (Å²) in [6, 6.07) is 10.0. The molecular formula is C23H25ClFN3O3. The maximum absolute atomic E-state index is 14.2. The van der Waals surface area contributed by atoms with Crippen LogP contribution >= 0.6 is 11.6 Å². The second-order valence-electron chi connectivity index (χ2n) is 7.28. The summed E-state index contributed by atoms with van der Waals surface area (Å²) < 4.78 is 31.2. The summed E-state index contributed by atoms with van der Waals surface area (Å²) in [4.78, 5) is 6.82. The largest absolute Gasteiger partial charge is 0.493 e. The molecule has 0 saturated carbocycles. The lowest BCUT2D eigenvalue weighted by molar-refractivity contribution is 0.0357. The van der Waals surface area contributed by atoms with E-state index in [1.54, 1.807) is 31.5 Å². The topological polar surface area (TPSA) is 55.8 Å². The van der Waals surface area contributed by atoms with Crippen molar-refractivity contribution in [2.24, 2.45) is 0 Å². The third kappa shape index (κ3) is 5.36. The van der Waals surface area contributed by atoms with Crippen LogP contribution in [-0.4, -0.2) is 56.4 Å². The summed E-state index contributed by atoms with van der Waals surface area (Å²) in [7, 11) is 1.60. The van der Waals surface area contributed by atoms with Gasteiger partial charge in [0, 0.05) is 48.0 Å². The number of aromatic nitrogens is 1. The number of anilines is 2. The van der Waals surface area contributed by atoms with Crippen molar-refractivity contribution in [3.05, 3.63) is 53.4 Å². The number of benzene rings is 2. The van der Waals surface area contributed by atoms with Crippen LogP contribution < -0.4 is 14.8 Å². The molecule has 0 atom stereocenters. The number of nitrogens with zero attached hydrogens (tertiary/aromatic N) is 2. The number of fused-ring (bicyclic) bond motifs is 1. The number of halogens is 2. The summed E-state index contributed by atoms with van der Waals surface area (Å²) in [5.74, 6) is 0.815. The van der Waals surface area contributed by atoms with Gasteiger partial charge in [-0.15, -0.1) is 0 Å². The monoisotopic (exact) mass is 445 g/mol. The number of ether oxygens (including phenoxy) is 3. The Morgan fingerprint density at radius 1 is 1.13 bits per heavy atom. The van der Waals surface area contributed by atoms with E-state index in [0.29, 0.717) is 34.5 Å². The lowest BCUT2D eigenvalue weighted by Gasteiger charge is -2.26. The first-order valence-corrected chi connectivity index (χ1v) is 10.6. The number of nitrogens with one attached hydrogen (secondary N) is 1. The van der Waals surface area contributed by atoms with E-state index < -0.39 is 5.82 Å². The molecule has 1 N–H and O–H groups in total. The van der Waals surface area contributed by atoms with E-state index in [0.717, 1.165) is 50.2 Å². The molecule has 4 rings (SSSR count). The molecule has 0 amide bonds. The first-order valence-electron chi connectivity index (χ1n) is 10.3. The highest BCUT2D eigenvalue weighted by Crippen LogP contribution is 2.36. The second-order valence-corrected chi connectivity index (χ2v) is 7.72. The van der Waals surface area contributed by atoms with E-state index in [1.165, 1.54) is 6.07 Å². The van der Waals surface area contributed by atoms with Crippen molar-refractivity contribution in [1.29, 1.82) is 0 Å². The summed E-state index contributed by atoms with van der Waals surface area (Å²) in [6.07, 6.45) is 2.58. The zero-order valence-corrected chi connectivity index (χ0v) is 18.1. The van der Waals surface area contributed by atoms with E-state index in [9.17, 15) is 4.39 Å². The van der Waals surface area contributed by atoms with Crippen molar-refractivity contribution in [3.8, 4) is 11.5 Å². The van der Waals surface area contributed by atoms with Gasteiger partial charge in [-0.3, -0.25) is 9.88 Å². The zero-order valence-electron chi connectivity index (χ0n) is 17.4. The van der Waals surface area contributed by atoms with Gasteiger partial charge < -0.3 is 19.5 Å². The smallest absolute Gasteiger partial charge is 0.163 e. The van der Waals surface area contributed by atoms with Crippen LogP contribution in [0.1, 0.15) is 6.42 Å². The minimum atomic E-state index is -0.426. The summed E-state index contributed by atoms with van der Waals surface area (Å²) in [6.45, 7) is 5.06. The maximum atomic E-state index is 14.2. The van der Waals surface area contributed by atoms with Gasteiger partial charge in [0.05, 0.1) is 38.1 Å². The van der Waals surface area contributed by atoms with Crippen LogP contribution in [0.15, 0.2) is 42.6 Å². The number of hydrogen-bond acceptors (Lipinski definition) is 6. The Morgan fingerprint density at radius 3 is 2.74 bits per heavy atom. The highest BCUT2D eigenvalue weighted by Gasteiger charge is 2.13. The lowest BCUT2D eigenvalue weighted by Crippen LogP contribution is -2.37. The lowest BCUT2D eigenvalue weighted by atomic mass is 10.1. The van der Waals surface area contributed by atoms with Crippen molar-refractivity contribution < 1.29 is 18.6 Å². The molecule has 1 fully saturated rings. The van der Waals surface area contributed by atoms with Crippen LogP contribution in [0.2, 0.25) is 5.02 Å². The molecule has 1 saturated heterocycles. The zero-order chi connectivity index (χ0) is 21.6. The number of hydrogen-bond donors (Lipinski definition) is 1. The van der Waals surface area contributed by atoms with Crippen molar-refractivity contribution in [3.63, 3.8) is 0 Å². The van der Waals surface area contributed by atoms with Crippen molar-refractivity contribution in [2.75, 3.05) is 51.9 Å². The van der Waals surface area contributed by atoms with Gasteiger partial charge in [0.25, 0.3) is 0 Å². The third-order valence-electron chi connectivity index (χ3n) is 5.21. The standard InChI is InChI=1S/C23H25ClFN3O3/c1-29-22-14-17-19(27-20-4-3-16(24)13-18(20)25)5-6-26-21(17)15-23(22)31-10-2-7-28-8-11-30-12-9-28/h3-6,13-15H,2,7-12H2,1H3,(H,26,27). The van der Waals surface area contributed by atoms with Gasteiger partial charge >= 0.3 is 0 Å². The Morgan fingerprint density at radius 2 is 1.97 bits per heavy atom. The fraction of sp³-hybridized carbons (Fsp3) is 0.348. The van der Waals surface area contributed by atoms with E-state index in [1.807, 2.05) is 12.1 Å². The Bertz CT molecular complexity index is 1040. The van der Waals surface area contributed by atoms with Gasteiger partial charge in [-0.25, -0.2) is 4.39 Å². The molecule has 8 heteroatoms. The van der Waals surface area contributed by atoms with E-state index in [-0.39, 0.29) is 0 Å². The number of methoxy groups -OCH3 is 1. The molecule has 3 aromatic rings. The molecule has 0 bridgehead atoms. The molecule has 0 radical (unpaired) electrons. The van der Waals surface area contributed by atoms with Crippen LogP contribution in [0.25, 0.3) is 10.9 Å². The van der Waals surface area contributed by atoms with Gasteiger partial charge in [-0.1, -0.05) is 11.6 Å². The molecule has 0 spiro atoms. The fourth-order valence-corrected chi connectivity index (χ4v) is 3.72. The summed E-state index contributed by atoms with van der Waals surface area (Å²) in [5.41, 5.74) is 1.77. The quantitative estimate of drug-likeness (QED) is 0.499. The molecule has 0 aliphatic carbocycles. The van der Waals surface area contributed by atoms with Gasteiger partial charge in [-0.2, -0.15) is 0 Å². The Kier molecular flexibility index (Phi) is 7.06. The minimum absolute atomic E-state index is 0.333. The Balaban J connectivity index is 1.49. The highest BCUT2D eigenvalue weighted by molar-refractivity contribution is 6.30. The molecule has 31 heavy (non-hydrogen) atoms. The molecule has 1 aromatic heterocycles. The van der Waals surface area contributed by atoms with Crippen molar-refractivity contribution >= 4 is 33.9 Å². The molecule has 1 aliphatic rings. The molecule has 6 nitrogen and oxygen atoms in total. The number of pyridine rings is 1. The number of rotatable bonds is 8. The predicted octanol–water partition coefficient (Wildman–Crippen LogP) is 4.88. The fourth-order valence-electron chi connectivity index (χ4n) is 3.57. The van der Waals surface area contributed by atoms with Crippen LogP contribution in [0.4, 0.5) is 15.8 Å². The van der Waals surface area contributed by atoms with Gasteiger partial charge in [-0.05, 0) is 36.8 Å². The summed E-state index contributed by atoms with van der Waals surface area (Å²) in [5, 5.41) is 4.26. The van der Waals surface area contributed by atoms with Crippen molar-refractivity contribution in [2.45, 2.75) is 6.42 Å². The SMILES string of the molecule is COc1cc2c(Nc3ccc(Cl)cc3F)ccnc2cc1OCCCN1CCOCC1. The van der Waals surface area contributed by atoms with Gasteiger partial charge in [0.1, 0.15) is 5.82 Å². The first kappa shape index (κ1) is 21.6. The van der Waals surface area contributed by atoms with E-state index >= 15 is 0 Å². The van der Waals surface area contributed by atoms with E-state index in [2.05, 4.69) is 15.2 Å². The Hall–Kier alpha value is -2.61. The van der Waals surface area contributed by atoms with Crippen LogP contribution in [0, 0.1) is 5.82 Å². The molecule has 2 heterocycles. The van der Waals surface area contributed by atoms with Crippen LogP contribution in [-0.2, 0) is 4.74 Å². The van der Waals surface area contributed by atoms with Gasteiger partial charge in [0.15, 0.2) is 11.5 Å². The van der Waals surface area contributed by atoms with Crippen LogP contribution in [0.3, 0.4) is 0 Å². The van der Waals surface area contributed by atoms with E-state index in [4.69, 9.17) is 25.8 Å². The Labute approximate surface area is 185 Å². The molecule has 2 aromatic carbocycles. The average molecular weight is 446 g/mol. The molecule has 1 aliphatic heterocycles. The maximum Gasteiger partial charge on any atom is 0.163 e. The first-order chi connectivity index (χ1) is 15.1. The van der Waals surface area contributed by atoms with Gasteiger partial charge in [0.2, 0.25) is 0 Å². The predicted molar refractivity (Wildman–Crippen MR) is 120 cm³/mol. The number of morpholine rings is 1. The average Bonchev–Trinajstić information content (AvgIpc) is 2.79. The second kappa shape index (κ2) is 10.1. The molecule has 164 valence electrons. The summed E-state index contributed by atoms with van der Waals surface area (Å²) >= 11 is 5.85. The highest BCUT2D eigenvalue weighted by atomic mass is 35.5. The molecular weight excluding hydrogens is 421 g/mol. The van der Waals surface area contributed by atoms with Crippen molar-refractivity contribution in [1.82, 2.24) is 9.88 Å². The minimum Gasteiger partial charge on any atom is -0.493 e. The normalized spacial score (nSPS) is 14.5.